The maximum absolute atomic E-state index is 13.3. The third kappa shape index (κ3) is 1.46. The Hall–Kier alpha value is -1.56. The molecule has 0 saturated carbocycles. The molecule has 78 valence electrons. The molecule has 2 rings (SSSR count). The van der Waals surface area contributed by atoms with Crippen molar-refractivity contribution in [1.29, 1.82) is 0 Å². The highest BCUT2D eigenvalue weighted by Crippen LogP contribution is 2.13. The van der Waals surface area contributed by atoms with Crippen molar-refractivity contribution in [3.63, 3.8) is 0 Å². The van der Waals surface area contributed by atoms with Crippen molar-refractivity contribution >= 4 is 23.1 Å². The Kier molecular flexibility index (Phi) is 2.15. The summed E-state index contributed by atoms with van der Waals surface area (Å²) in [5.74, 6) is -1.61. The van der Waals surface area contributed by atoms with E-state index in [1.165, 1.54) is 7.05 Å². The fourth-order valence-corrected chi connectivity index (χ4v) is 1.52. The first-order valence-electron chi connectivity index (χ1n) is 4.09. The predicted molar refractivity (Wildman–Crippen MR) is 54.3 cm³/mol. The summed E-state index contributed by atoms with van der Waals surface area (Å²) in [6.07, 6.45) is 0. The van der Waals surface area contributed by atoms with E-state index in [0.717, 1.165) is 10.6 Å². The quantitative estimate of drug-likeness (QED) is 0.699. The number of fused-ring (bicyclic) bond motifs is 1. The van der Waals surface area contributed by atoms with E-state index in [1.807, 2.05) is 0 Å². The third-order valence-electron chi connectivity index (χ3n) is 2.13. The van der Waals surface area contributed by atoms with E-state index in [1.54, 1.807) is 0 Å². The second kappa shape index (κ2) is 3.23. The van der Waals surface area contributed by atoms with Crippen LogP contribution in [0.1, 0.15) is 0 Å². The number of hydrogen-bond donors (Lipinski definition) is 1. The molecule has 0 aliphatic carbocycles. The van der Waals surface area contributed by atoms with Gasteiger partial charge in [-0.3, -0.25) is 9.36 Å². The number of benzene rings is 1. The maximum Gasteiger partial charge on any atom is 0.262 e. The highest BCUT2D eigenvalue weighted by Gasteiger charge is 2.09. The van der Waals surface area contributed by atoms with Crippen LogP contribution in [0.2, 0.25) is 0 Å². The second-order valence-corrected chi connectivity index (χ2v) is 3.49. The summed E-state index contributed by atoms with van der Waals surface area (Å²) in [4.78, 5) is 14.1. The first kappa shape index (κ1) is 9.97. The standard InChI is InChI=1S/C9H6F2N2OS/c1-13-8(14)5-2-4(10)3-6(11)7(5)12-9(13)15/h2-3H,1H3,(H,12,15). The number of hydrogen-bond acceptors (Lipinski definition) is 2. The van der Waals surface area contributed by atoms with Crippen LogP contribution in [-0.2, 0) is 7.05 Å². The molecule has 15 heavy (non-hydrogen) atoms. The first-order valence-corrected chi connectivity index (χ1v) is 4.49. The van der Waals surface area contributed by atoms with Gasteiger partial charge in [0.05, 0.1) is 10.9 Å². The molecular weight excluding hydrogens is 222 g/mol. The minimum Gasteiger partial charge on any atom is -0.329 e. The molecule has 0 aliphatic rings. The summed E-state index contributed by atoms with van der Waals surface area (Å²) >= 11 is 4.81. The number of nitrogens with one attached hydrogen (secondary N) is 1. The molecule has 6 heteroatoms. The van der Waals surface area contributed by atoms with Crippen LogP contribution in [0.15, 0.2) is 16.9 Å². The van der Waals surface area contributed by atoms with E-state index in [4.69, 9.17) is 12.2 Å². The van der Waals surface area contributed by atoms with Gasteiger partial charge < -0.3 is 4.98 Å². The van der Waals surface area contributed by atoms with Gasteiger partial charge in [0.25, 0.3) is 5.56 Å². The van der Waals surface area contributed by atoms with E-state index in [-0.39, 0.29) is 15.7 Å². The van der Waals surface area contributed by atoms with E-state index in [9.17, 15) is 13.6 Å². The van der Waals surface area contributed by atoms with E-state index < -0.39 is 17.2 Å². The normalized spacial score (nSPS) is 10.9. The van der Waals surface area contributed by atoms with Crippen LogP contribution >= 0.6 is 12.2 Å². The van der Waals surface area contributed by atoms with E-state index in [0.29, 0.717) is 6.07 Å². The van der Waals surface area contributed by atoms with Gasteiger partial charge in [-0.05, 0) is 18.3 Å². The van der Waals surface area contributed by atoms with Crippen molar-refractivity contribution in [2.75, 3.05) is 0 Å². The Morgan fingerprint density at radius 3 is 2.73 bits per heavy atom. The van der Waals surface area contributed by atoms with Crippen LogP contribution in [0.4, 0.5) is 8.78 Å². The zero-order valence-electron chi connectivity index (χ0n) is 7.67. The average molecular weight is 228 g/mol. The summed E-state index contributed by atoms with van der Waals surface area (Å²) in [6, 6.07) is 1.68. The maximum atomic E-state index is 13.3. The highest BCUT2D eigenvalue weighted by molar-refractivity contribution is 7.71. The first-order chi connectivity index (χ1) is 7.00. The average Bonchev–Trinajstić information content (AvgIpc) is 2.17. The third-order valence-corrected chi connectivity index (χ3v) is 2.50. The van der Waals surface area contributed by atoms with Crippen LogP contribution in [0.25, 0.3) is 10.9 Å². The molecule has 3 nitrogen and oxygen atoms in total. The number of nitrogens with zero attached hydrogens (tertiary/aromatic N) is 1. The minimum atomic E-state index is -0.825. The van der Waals surface area contributed by atoms with Gasteiger partial charge in [0.1, 0.15) is 11.6 Å². The molecule has 0 fully saturated rings. The molecule has 1 N–H and O–H groups in total. The molecule has 1 aromatic heterocycles. The van der Waals surface area contributed by atoms with Crippen LogP contribution in [0.5, 0.6) is 0 Å². The number of halogens is 2. The van der Waals surface area contributed by atoms with Gasteiger partial charge in [0.2, 0.25) is 0 Å². The zero-order valence-corrected chi connectivity index (χ0v) is 8.49. The van der Waals surface area contributed by atoms with Crippen LogP contribution in [0, 0.1) is 16.4 Å². The number of rotatable bonds is 0. The summed E-state index contributed by atoms with van der Waals surface area (Å²) < 4.78 is 27.4. The fraction of sp³-hybridized carbons (Fsp3) is 0.111. The topological polar surface area (TPSA) is 37.8 Å². The van der Waals surface area contributed by atoms with Gasteiger partial charge in [0.15, 0.2) is 4.77 Å². The van der Waals surface area contributed by atoms with Gasteiger partial charge in [-0.2, -0.15) is 0 Å². The van der Waals surface area contributed by atoms with Crippen molar-refractivity contribution in [2.24, 2.45) is 7.05 Å². The van der Waals surface area contributed by atoms with Crippen molar-refractivity contribution < 1.29 is 8.78 Å². The van der Waals surface area contributed by atoms with Crippen molar-refractivity contribution in [2.45, 2.75) is 0 Å². The number of aromatic nitrogens is 2. The molecule has 0 radical (unpaired) electrons. The lowest BCUT2D eigenvalue weighted by Crippen LogP contribution is -2.19. The van der Waals surface area contributed by atoms with Crippen molar-refractivity contribution in [1.82, 2.24) is 9.55 Å². The van der Waals surface area contributed by atoms with E-state index >= 15 is 0 Å². The largest absolute Gasteiger partial charge is 0.329 e. The fourth-order valence-electron chi connectivity index (χ4n) is 1.33. The Morgan fingerprint density at radius 2 is 2.07 bits per heavy atom. The molecule has 0 unspecified atom stereocenters. The smallest absolute Gasteiger partial charge is 0.262 e. The lowest BCUT2D eigenvalue weighted by atomic mass is 10.2. The molecule has 0 atom stereocenters. The Labute approximate surface area is 88.0 Å². The Bertz CT molecular complexity index is 659. The molecular formula is C9H6F2N2OS. The Morgan fingerprint density at radius 1 is 1.40 bits per heavy atom. The van der Waals surface area contributed by atoms with E-state index in [2.05, 4.69) is 4.98 Å². The lowest BCUT2D eigenvalue weighted by Gasteiger charge is -2.03. The van der Waals surface area contributed by atoms with Gasteiger partial charge in [-0.1, -0.05) is 0 Å². The van der Waals surface area contributed by atoms with Crippen LogP contribution in [-0.4, -0.2) is 9.55 Å². The monoisotopic (exact) mass is 228 g/mol. The molecule has 0 amide bonds. The van der Waals surface area contributed by atoms with Crippen molar-refractivity contribution in [3.8, 4) is 0 Å². The molecule has 0 aliphatic heterocycles. The number of H-pyrrole nitrogens is 1. The molecule has 1 aromatic carbocycles. The highest BCUT2D eigenvalue weighted by atomic mass is 32.1. The summed E-state index contributed by atoms with van der Waals surface area (Å²) in [7, 11) is 1.43. The zero-order chi connectivity index (χ0) is 11.2. The minimum absolute atomic E-state index is 0.0522. The Balaban J connectivity index is 3.13. The molecule has 0 saturated heterocycles. The predicted octanol–water partition coefficient (Wildman–Crippen LogP) is 1.87. The lowest BCUT2D eigenvalue weighted by molar-refractivity contribution is 0.589. The number of aromatic amines is 1. The summed E-state index contributed by atoms with van der Waals surface area (Å²) in [5.41, 5.74) is -0.586. The molecule has 0 bridgehead atoms. The second-order valence-electron chi connectivity index (χ2n) is 3.10. The van der Waals surface area contributed by atoms with Gasteiger partial charge in [0, 0.05) is 13.1 Å². The van der Waals surface area contributed by atoms with Gasteiger partial charge in [-0.15, -0.1) is 0 Å². The molecule has 1 heterocycles. The molecule has 2 aromatic rings. The van der Waals surface area contributed by atoms with Crippen LogP contribution < -0.4 is 5.56 Å². The van der Waals surface area contributed by atoms with Gasteiger partial charge >= 0.3 is 0 Å². The van der Waals surface area contributed by atoms with Crippen LogP contribution in [0.3, 0.4) is 0 Å². The van der Waals surface area contributed by atoms with Crippen molar-refractivity contribution in [3.05, 3.63) is 38.9 Å². The molecule has 0 spiro atoms. The summed E-state index contributed by atoms with van der Waals surface area (Å²) in [6.45, 7) is 0. The SMILES string of the molecule is Cn1c(=S)[nH]c2c(F)cc(F)cc2c1=O. The van der Waals surface area contributed by atoms with Gasteiger partial charge in [-0.25, -0.2) is 8.78 Å². The summed E-state index contributed by atoms with van der Waals surface area (Å²) in [5, 5.41) is -0.0522.